The Bertz CT molecular complexity index is 7650. The molecule has 1 radical (unpaired) electrons. The van der Waals surface area contributed by atoms with Gasteiger partial charge in [-0.25, -0.2) is 0 Å². The second-order valence-electron chi connectivity index (χ2n) is 34.7. The molecule has 8 aliphatic rings. The topological polar surface area (TPSA) is 32.1 Å². The molecular formula is C99H73B10N5P2-. The molecule has 12 heterocycles. The first-order valence-corrected chi connectivity index (χ1v) is 46.2. The van der Waals surface area contributed by atoms with Gasteiger partial charge in [0.1, 0.15) is 0 Å². The van der Waals surface area contributed by atoms with Crippen LogP contribution < -0.4 is 70.9 Å². The molecule has 0 unspecified atom stereocenters. The molecule has 116 heavy (non-hydrogen) atoms. The SMILES string of the molecule is Cc1ccc(B2c3ccccc3-n3c4ccccc4c4cccc2c43)cc1.Cc1ccc2c(c1)B(c1ccccc1)c1cccc3c4ccccc4n-2c13.Cc1cccc2c1B(c1ccccc1)c1cccc3c4ccccc4n-2c13.[B]1B2[BH2-]P12(N=[P+]1B2[BH2-]B21)c1cccc(B2c3ccccc3-n3c4ccccc4c4cccc2c43)c1. The number of aryl methyl sites for hydroxylation is 3. The van der Waals surface area contributed by atoms with Crippen molar-refractivity contribution in [2.45, 2.75) is 20.8 Å². The van der Waals surface area contributed by atoms with E-state index in [1.54, 1.807) is 5.30 Å². The fourth-order valence-electron chi connectivity index (χ4n) is 22.3. The number of hydrogen-bond donors (Lipinski definition) is 0. The number of hydrogen-bond acceptors (Lipinski definition) is 1. The van der Waals surface area contributed by atoms with E-state index in [1.165, 1.54) is 192 Å². The zero-order valence-electron chi connectivity index (χ0n) is 65.4. The molecule has 0 N–H and O–H groups in total. The van der Waals surface area contributed by atoms with Crippen LogP contribution in [0.2, 0.25) is 0 Å². The fraction of sp³-hybridized carbons (Fsp3) is 0.0303. The summed E-state index contributed by atoms with van der Waals surface area (Å²) in [6, 6.07) is 135. The van der Waals surface area contributed by atoms with Gasteiger partial charge in [0.15, 0.2) is 0 Å². The van der Waals surface area contributed by atoms with Crippen molar-refractivity contribution in [1.82, 2.24) is 18.3 Å². The van der Waals surface area contributed by atoms with Crippen molar-refractivity contribution in [2.75, 3.05) is 0 Å². The van der Waals surface area contributed by atoms with Gasteiger partial charge in [-0.05, 0) is 89.9 Å². The predicted octanol–water partition coefficient (Wildman–Crippen LogP) is 13.1. The van der Waals surface area contributed by atoms with Crippen molar-refractivity contribution in [3.8, 4) is 22.7 Å². The zero-order chi connectivity index (χ0) is 76.4. The van der Waals surface area contributed by atoms with Gasteiger partial charge in [0.05, 0.1) is 16.6 Å². The van der Waals surface area contributed by atoms with E-state index in [-0.39, 0.29) is 41.2 Å². The van der Waals surface area contributed by atoms with Crippen LogP contribution in [0.4, 0.5) is 0 Å². The van der Waals surface area contributed by atoms with Gasteiger partial charge in [0, 0.05) is 65.9 Å². The minimum absolute atomic E-state index is 0.124. The molecule has 0 saturated carbocycles. The summed E-state index contributed by atoms with van der Waals surface area (Å²) < 4.78 is 15.7. The summed E-state index contributed by atoms with van der Waals surface area (Å²) in [6.45, 7) is 10.5. The zero-order valence-corrected chi connectivity index (χ0v) is 67.2. The number of para-hydroxylation sites is 10. The molecule has 16 aromatic carbocycles. The first-order valence-electron chi connectivity index (χ1n) is 42.0. The van der Waals surface area contributed by atoms with Crippen molar-refractivity contribution < 1.29 is 0 Å². The molecule has 0 bridgehead atoms. The van der Waals surface area contributed by atoms with E-state index in [4.69, 9.17) is 4.52 Å². The van der Waals surface area contributed by atoms with Crippen LogP contribution in [0.3, 0.4) is 0 Å². The average Bonchev–Trinajstić information content (AvgIpc) is 1.42. The van der Waals surface area contributed by atoms with Gasteiger partial charge in [0.2, 0.25) is 20.1 Å². The Hall–Kier alpha value is -12.1. The van der Waals surface area contributed by atoms with Crippen molar-refractivity contribution >= 4 is 238 Å². The number of rotatable bonds is 6. The van der Waals surface area contributed by atoms with Crippen LogP contribution in [-0.4, -0.2) is 84.6 Å². The monoisotopic (exact) mass is 1500 g/mol. The van der Waals surface area contributed by atoms with Gasteiger partial charge < -0.3 is 13.7 Å². The number of aromatic nitrogens is 4. The standard InChI is InChI=1S/3C25H18BN.C24H19B7N2P2/c1-17-13-15-18(16-14-17)26-21-9-3-5-12-24(21)27-23-11-4-2-7-19(23)20-8-6-10-22(26)25(20)27;1-17-9-7-16-23-24(17)26(18-10-3-2-4-11-18)21-14-8-13-20-19-12-5-6-15-22(19)27(23)25(20)21;1-17-14-15-24-22(16-17)26(18-8-3-2-4-9-18)21-12-7-11-20-19-10-5-6-13-23(19)27(24)25(20)21;1-3-13-22-18(9-1)19-10-6-12-21-24(19)33(22)23-14-4-2-11-20(23)28(21)16-7-5-8-17(15-16)35(26-29(35)27-35)32-34-30-25-31(30)34/h3*2-16H,1H3;1-15H,25-26H2/q;;;-1. The Morgan fingerprint density at radius 1 is 0.293 bits per heavy atom. The average molecular weight is 1500 g/mol. The molecule has 0 amide bonds. The molecule has 5 nitrogen and oxygen atoms in total. The van der Waals surface area contributed by atoms with Crippen molar-refractivity contribution in [3.63, 3.8) is 0 Å². The predicted molar refractivity (Wildman–Crippen MR) is 518 cm³/mol. The summed E-state index contributed by atoms with van der Waals surface area (Å²) in [5, 5.41) is 12.4. The first kappa shape index (κ1) is 67.3. The van der Waals surface area contributed by atoms with E-state index in [1.807, 2.05) is 0 Å². The second kappa shape index (κ2) is 25.2. The Kier molecular flexibility index (Phi) is 14.6. The molecule has 28 rings (SSSR count). The van der Waals surface area contributed by atoms with Crippen molar-refractivity contribution in [3.05, 3.63) is 381 Å². The Balaban J connectivity index is 0.0000000873. The van der Waals surface area contributed by atoms with Crippen LogP contribution in [-0.2, 0) is 0 Å². The third-order valence-corrected chi connectivity index (χ3v) is 39.7. The van der Waals surface area contributed by atoms with Gasteiger partial charge in [0.25, 0.3) is 0 Å². The van der Waals surface area contributed by atoms with Gasteiger partial charge in [-0.15, -0.1) is 0 Å². The van der Waals surface area contributed by atoms with E-state index in [0.717, 1.165) is 18.6 Å². The molecular weight excluding hydrogens is 1430 g/mol. The normalized spacial score (nSPS) is 15.2. The molecule has 8 aliphatic heterocycles. The quantitative estimate of drug-likeness (QED) is 0.117. The number of nitrogens with zero attached hydrogens (tertiary/aromatic N) is 5. The van der Waals surface area contributed by atoms with Gasteiger partial charge >= 0.3 is 209 Å². The summed E-state index contributed by atoms with van der Waals surface area (Å²) in [7, 11) is 0.587. The third kappa shape index (κ3) is 9.71. The van der Waals surface area contributed by atoms with Gasteiger partial charge in [-0.2, -0.15) is 0 Å². The maximum atomic E-state index is 5.80. The number of benzene rings is 16. The van der Waals surface area contributed by atoms with E-state index in [9.17, 15) is 0 Å². The van der Waals surface area contributed by atoms with Crippen LogP contribution in [0.15, 0.2) is 368 Å². The first-order chi connectivity index (χ1) is 57.3. The van der Waals surface area contributed by atoms with E-state index >= 15 is 0 Å². The fourth-order valence-corrected chi connectivity index (χ4v) is 34.9. The van der Waals surface area contributed by atoms with Gasteiger partial charge in [-0.1, -0.05) is 270 Å². The summed E-state index contributed by atoms with van der Waals surface area (Å²) in [5.41, 5.74) is 36.6. The molecule has 4 fully saturated rings. The van der Waals surface area contributed by atoms with E-state index in [2.05, 4.69) is 410 Å². The van der Waals surface area contributed by atoms with Crippen LogP contribution in [0.25, 0.3) is 110 Å². The van der Waals surface area contributed by atoms with Crippen LogP contribution in [0, 0.1) is 20.8 Å². The molecule has 0 spiro atoms. The van der Waals surface area contributed by atoms with Gasteiger partial charge in [-0.3, -0.25) is 0 Å². The van der Waals surface area contributed by atoms with Crippen LogP contribution >= 0.6 is 13.9 Å². The van der Waals surface area contributed by atoms with Crippen molar-refractivity contribution in [2.24, 2.45) is 4.52 Å². The summed E-state index contributed by atoms with van der Waals surface area (Å²) in [5.74, 6) is 0. The molecule has 0 atom stereocenters. The molecule has 0 aliphatic carbocycles. The Labute approximate surface area is 680 Å². The Morgan fingerprint density at radius 2 is 0.638 bits per heavy atom. The van der Waals surface area contributed by atoms with Crippen molar-refractivity contribution in [1.29, 1.82) is 0 Å². The van der Waals surface area contributed by atoms with Crippen LogP contribution in [0.1, 0.15) is 16.7 Å². The molecule has 4 saturated heterocycles. The minimum atomic E-state index is -1.84. The molecule has 535 valence electrons. The summed E-state index contributed by atoms with van der Waals surface area (Å²) in [4.78, 5) is 0. The molecule has 17 heteroatoms. The second-order valence-corrected chi connectivity index (χ2v) is 43.3. The molecule has 20 aromatic rings. The molecule has 4 aromatic heterocycles. The maximum absolute atomic E-state index is 5.80. The summed E-state index contributed by atoms with van der Waals surface area (Å²) >= 11 is 0. The number of fused-ring (bicyclic) bond motifs is 22. The Morgan fingerprint density at radius 3 is 1.11 bits per heavy atom. The van der Waals surface area contributed by atoms with Crippen LogP contribution in [0.5, 0.6) is 0 Å². The van der Waals surface area contributed by atoms with E-state index in [0.29, 0.717) is 7.06 Å². The van der Waals surface area contributed by atoms with E-state index < -0.39 is 6.39 Å². The summed E-state index contributed by atoms with van der Waals surface area (Å²) in [6.07, 6.45) is 1.45. The third-order valence-electron chi connectivity index (χ3n) is 28.4.